The van der Waals surface area contributed by atoms with Crippen molar-refractivity contribution in [1.82, 2.24) is 10.1 Å². The first kappa shape index (κ1) is 15.7. The Bertz CT molecular complexity index is 975. The van der Waals surface area contributed by atoms with Crippen LogP contribution in [0.2, 0.25) is 0 Å². The van der Waals surface area contributed by atoms with Gasteiger partial charge in [-0.15, -0.1) is 22.7 Å². The van der Waals surface area contributed by atoms with E-state index in [4.69, 9.17) is 9.26 Å². The third-order valence-corrected chi connectivity index (χ3v) is 5.18. The van der Waals surface area contributed by atoms with Gasteiger partial charge in [-0.2, -0.15) is 0 Å². The van der Waals surface area contributed by atoms with Crippen LogP contribution in [0.15, 0.2) is 63.8 Å². The van der Waals surface area contributed by atoms with Crippen LogP contribution in [0.25, 0.3) is 21.2 Å². The first-order valence-corrected chi connectivity index (χ1v) is 9.23. The summed E-state index contributed by atoms with van der Waals surface area (Å²) in [5, 5.41) is 8.37. The molecule has 0 bridgehead atoms. The van der Waals surface area contributed by atoms with Crippen molar-refractivity contribution in [2.45, 2.75) is 6.61 Å². The molecule has 0 amide bonds. The van der Waals surface area contributed by atoms with E-state index in [2.05, 4.69) is 10.1 Å². The molecule has 4 aromatic rings. The van der Waals surface area contributed by atoms with Crippen molar-refractivity contribution in [3.63, 3.8) is 0 Å². The number of nitrogens with zero attached hydrogens (tertiary/aromatic N) is 2. The van der Waals surface area contributed by atoms with E-state index in [0.29, 0.717) is 17.1 Å². The summed E-state index contributed by atoms with van der Waals surface area (Å²) in [5.41, 5.74) is 1.84. The molecule has 0 spiro atoms. The second-order valence-corrected chi connectivity index (χ2v) is 6.95. The van der Waals surface area contributed by atoms with Crippen molar-refractivity contribution in [3.8, 4) is 21.2 Å². The number of hydrogen-bond acceptors (Lipinski definition) is 7. The summed E-state index contributed by atoms with van der Waals surface area (Å²) in [6.45, 7) is 0.0475. The van der Waals surface area contributed by atoms with Gasteiger partial charge in [-0.05, 0) is 11.4 Å². The first-order valence-electron chi connectivity index (χ1n) is 7.47. The Labute approximate surface area is 151 Å². The van der Waals surface area contributed by atoms with Crippen molar-refractivity contribution < 1.29 is 14.1 Å². The van der Waals surface area contributed by atoms with Gasteiger partial charge in [0.25, 0.3) is 0 Å². The van der Waals surface area contributed by atoms with E-state index in [9.17, 15) is 4.79 Å². The summed E-state index contributed by atoms with van der Waals surface area (Å²) in [5.74, 6) is 0.195. The maximum Gasteiger partial charge on any atom is 0.358 e. The van der Waals surface area contributed by atoms with Crippen LogP contribution in [0.4, 0.5) is 0 Å². The summed E-state index contributed by atoms with van der Waals surface area (Å²) in [6, 6.07) is 15.4. The maximum absolute atomic E-state index is 12.2. The number of ether oxygens (including phenoxy) is 1. The van der Waals surface area contributed by atoms with Gasteiger partial charge in [0.05, 0.1) is 4.88 Å². The Morgan fingerprint density at radius 3 is 2.80 bits per heavy atom. The topological polar surface area (TPSA) is 65.2 Å². The summed E-state index contributed by atoms with van der Waals surface area (Å²) in [6.07, 6.45) is 0. The molecule has 1 aromatic carbocycles. The van der Waals surface area contributed by atoms with Crippen molar-refractivity contribution in [2.24, 2.45) is 0 Å². The predicted octanol–water partition coefficient (Wildman–Crippen LogP) is 4.88. The molecule has 3 heterocycles. The molecule has 0 N–H and O–H groups in total. The predicted molar refractivity (Wildman–Crippen MR) is 96.5 cm³/mol. The Balaban J connectivity index is 1.40. The molecule has 0 fully saturated rings. The monoisotopic (exact) mass is 368 g/mol. The van der Waals surface area contributed by atoms with Gasteiger partial charge >= 0.3 is 5.97 Å². The van der Waals surface area contributed by atoms with Crippen LogP contribution >= 0.6 is 22.7 Å². The molecule has 0 saturated heterocycles. The number of carbonyl (C=O) groups excluding carboxylic acids is 1. The molecule has 7 heteroatoms. The minimum Gasteiger partial charge on any atom is -0.454 e. The van der Waals surface area contributed by atoms with E-state index in [1.165, 1.54) is 11.3 Å². The zero-order chi connectivity index (χ0) is 17.1. The van der Waals surface area contributed by atoms with Crippen LogP contribution in [-0.4, -0.2) is 16.1 Å². The van der Waals surface area contributed by atoms with Gasteiger partial charge in [0.1, 0.15) is 17.3 Å². The fourth-order valence-electron chi connectivity index (χ4n) is 2.21. The van der Waals surface area contributed by atoms with Gasteiger partial charge in [-0.25, -0.2) is 9.78 Å². The van der Waals surface area contributed by atoms with Gasteiger partial charge in [-0.3, -0.25) is 0 Å². The summed E-state index contributed by atoms with van der Waals surface area (Å²) >= 11 is 2.97. The lowest BCUT2D eigenvalue weighted by atomic mass is 10.2. The second kappa shape index (κ2) is 7.00. The number of carbonyl (C=O) groups is 1. The Kier molecular flexibility index (Phi) is 4.41. The summed E-state index contributed by atoms with van der Waals surface area (Å²) in [4.78, 5) is 17.5. The van der Waals surface area contributed by atoms with Gasteiger partial charge in [0, 0.05) is 17.0 Å². The van der Waals surface area contributed by atoms with Crippen molar-refractivity contribution in [3.05, 3.63) is 70.7 Å². The molecule has 5 nitrogen and oxygen atoms in total. The van der Waals surface area contributed by atoms with Gasteiger partial charge in [0.2, 0.25) is 0 Å². The zero-order valence-corrected chi connectivity index (χ0v) is 14.5. The van der Waals surface area contributed by atoms with Gasteiger partial charge in [-0.1, -0.05) is 41.6 Å². The summed E-state index contributed by atoms with van der Waals surface area (Å²) in [7, 11) is 0. The van der Waals surface area contributed by atoms with Crippen molar-refractivity contribution >= 4 is 28.6 Å². The number of esters is 1. The minimum absolute atomic E-state index is 0.0475. The van der Waals surface area contributed by atoms with Crippen LogP contribution in [-0.2, 0) is 11.3 Å². The SMILES string of the molecule is O=C(OCc1cc(-c2cccs2)on1)c1csc(-c2ccccc2)n1. The third kappa shape index (κ3) is 3.52. The van der Waals surface area contributed by atoms with Crippen LogP contribution < -0.4 is 0 Å². The molecule has 0 saturated carbocycles. The Hall–Kier alpha value is -2.77. The third-order valence-electron chi connectivity index (χ3n) is 3.41. The highest BCUT2D eigenvalue weighted by atomic mass is 32.1. The molecule has 0 radical (unpaired) electrons. The van der Waals surface area contributed by atoms with E-state index in [0.717, 1.165) is 15.4 Å². The quantitative estimate of drug-likeness (QED) is 0.470. The minimum atomic E-state index is -0.473. The zero-order valence-electron chi connectivity index (χ0n) is 12.9. The highest BCUT2D eigenvalue weighted by Gasteiger charge is 2.15. The number of benzene rings is 1. The average Bonchev–Trinajstić information content (AvgIpc) is 3.41. The second-order valence-electron chi connectivity index (χ2n) is 5.14. The molecule has 4 rings (SSSR count). The fourth-order valence-corrected chi connectivity index (χ4v) is 3.68. The number of thiazole rings is 1. The largest absolute Gasteiger partial charge is 0.454 e. The number of thiophene rings is 1. The van der Waals surface area contributed by atoms with Crippen molar-refractivity contribution in [1.29, 1.82) is 0 Å². The molecule has 0 atom stereocenters. The molecule has 0 aliphatic heterocycles. The van der Waals surface area contributed by atoms with Crippen molar-refractivity contribution in [2.75, 3.05) is 0 Å². The Morgan fingerprint density at radius 2 is 2.00 bits per heavy atom. The number of aromatic nitrogens is 2. The molecule has 0 unspecified atom stereocenters. The number of hydrogen-bond donors (Lipinski definition) is 0. The van der Waals surface area contributed by atoms with E-state index in [1.54, 1.807) is 22.8 Å². The lowest BCUT2D eigenvalue weighted by Crippen LogP contribution is -2.05. The molecule has 124 valence electrons. The van der Waals surface area contributed by atoms with E-state index >= 15 is 0 Å². The summed E-state index contributed by atoms with van der Waals surface area (Å²) < 4.78 is 10.5. The highest BCUT2D eigenvalue weighted by molar-refractivity contribution is 7.13. The first-order chi connectivity index (χ1) is 12.3. The van der Waals surface area contributed by atoms with Crippen LogP contribution in [0.1, 0.15) is 16.2 Å². The Morgan fingerprint density at radius 1 is 1.12 bits per heavy atom. The number of rotatable bonds is 5. The molecule has 25 heavy (non-hydrogen) atoms. The standard InChI is InChI=1S/C18H12N2O3S2/c21-18(14-11-25-17(19-14)12-5-2-1-3-6-12)22-10-13-9-15(23-20-13)16-7-4-8-24-16/h1-9,11H,10H2. The van der Waals surface area contributed by atoms with E-state index in [1.807, 2.05) is 47.8 Å². The normalized spacial score (nSPS) is 10.7. The fraction of sp³-hybridized carbons (Fsp3) is 0.0556. The molecular formula is C18H12N2O3S2. The molecular weight excluding hydrogens is 356 g/mol. The molecule has 0 aliphatic carbocycles. The highest BCUT2D eigenvalue weighted by Crippen LogP contribution is 2.26. The lowest BCUT2D eigenvalue weighted by molar-refractivity contribution is 0.0458. The average molecular weight is 368 g/mol. The smallest absolute Gasteiger partial charge is 0.358 e. The van der Waals surface area contributed by atoms with Crippen LogP contribution in [0.3, 0.4) is 0 Å². The molecule has 3 aromatic heterocycles. The lowest BCUT2D eigenvalue weighted by Gasteiger charge is -1.99. The maximum atomic E-state index is 12.2. The van der Waals surface area contributed by atoms with E-state index in [-0.39, 0.29) is 6.61 Å². The van der Waals surface area contributed by atoms with Gasteiger partial charge in [0.15, 0.2) is 11.5 Å². The van der Waals surface area contributed by atoms with E-state index < -0.39 is 5.97 Å². The van der Waals surface area contributed by atoms with Gasteiger partial charge < -0.3 is 9.26 Å². The molecule has 0 aliphatic rings. The van der Waals surface area contributed by atoms with Crippen LogP contribution in [0, 0.1) is 0 Å². The van der Waals surface area contributed by atoms with Crippen LogP contribution in [0.5, 0.6) is 0 Å².